The number of amides is 2. The number of likely N-dealkylation sites (tertiary alicyclic amines) is 1. The molecule has 1 aromatic carbocycles. The maximum Gasteiger partial charge on any atom is 0.274 e. The van der Waals surface area contributed by atoms with Crippen LogP contribution in [0.4, 0.5) is 10.8 Å². The monoisotopic (exact) mass is 388 g/mol. The maximum atomic E-state index is 12.8. The second-order valence-corrected chi connectivity index (χ2v) is 7.57. The minimum atomic E-state index is -0.417. The van der Waals surface area contributed by atoms with Gasteiger partial charge in [0.1, 0.15) is 17.5 Å². The van der Waals surface area contributed by atoms with Crippen molar-refractivity contribution in [2.75, 3.05) is 19.0 Å². The molecule has 0 aliphatic carbocycles. The normalized spacial score (nSPS) is 16.4. The minimum absolute atomic E-state index is 0.0506. The Kier molecular flexibility index (Phi) is 5.95. The van der Waals surface area contributed by atoms with Gasteiger partial charge < -0.3 is 20.3 Å². The summed E-state index contributed by atoms with van der Waals surface area (Å²) in [5.74, 6) is 0.480. The Balaban J connectivity index is 1.67. The molecule has 1 unspecified atom stereocenters. The van der Waals surface area contributed by atoms with Crippen LogP contribution in [0.2, 0.25) is 0 Å². The number of carbonyl (C=O) groups excluding carboxylic acids is 2. The molecule has 7 nitrogen and oxygen atoms in total. The van der Waals surface area contributed by atoms with Gasteiger partial charge in [-0.1, -0.05) is 0 Å². The zero-order chi connectivity index (χ0) is 19.4. The number of hydrogen-bond donors (Lipinski definition) is 2. The van der Waals surface area contributed by atoms with Crippen molar-refractivity contribution < 1.29 is 14.3 Å². The number of rotatable bonds is 6. The first-order valence-corrected chi connectivity index (χ1v) is 9.84. The smallest absolute Gasteiger partial charge is 0.274 e. The third-order valence-electron chi connectivity index (χ3n) is 4.31. The van der Waals surface area contributed by atoms with E-state index < -0.39 is 6.04 Å². The van der Waals surface area contributed by atoms with Gasteiger partial charge in [0.05, 0.1) is 7.11 Å². The molecule has 144 valence electrons. The molecule has 1 aromatic heterocycles. The van der Waals surface area contributed by atoms with Crippen LogP contribution in [0.3, 0.4) is 0 Å². The van der Waals surface area contributed by atoms with E-state index in [0.29, 0.717) is 23.8 Å². The molecule has 0 bridgehead atoms. The van der Waals surface area contributed by atoms with Gasteiger partial charge in [0.25, 0.3) is 5.91 Å². The molecule has 2 heterocycles. The number of nitrogens with zero attached hydrogens (tertiary/aromatic N) is 2. The van der Waals surface area contributed by atoms with Crippen molar-refractivity contribution >= 4 is 34.0 Å². The number of anilines is 2. The molecule has 1 fully saturated rings. The summed E-state index contributed by atoms with van der Waals surface area (Å²) in [5.41, 5.74) is 1.22. The van der Waals surface area contributed by atoms with Crippen LogP contribution in [0.25, 0.3) is 0 Å². The van der Waals surface area contributed by atoms with Gasteiger partial charge in [0.2, 0.25) is 5.91 Å². The van der Waals surface area contributed by atoms with Crippen molar-refractivity contribution in [3.8, 4) is 5.75 Å². The lowest BCUT2D eigenvalue weighted by Gasteiger charge is -2.24. The molecule has 27 heavy (non-hydrogen) atoms. The highest BCUT2D eigenvalue weighted by Gasteiger charge is 2.35. The molecule has 1 atom stereocenters. The summed E-state index contributed by atoms with van der Waals surface area (Å²) in [5, 5.41) is 8.43. The SMILES string of the molecule is COc1ccc(Nc2nc(C(=O)N3CCCC3C(=O)NC(C)C)cs2)cc1. The van der Waals surface area contributed by atoms with Gasteiger partial charge in [-0.2, -0.15) is 0 Å². The molecule has 2 amide bonds. The Morgan fingerprint density at radius 2 is 2.04 bits per heavy atom. The van der Waals surface area contributed by atoms with Gasteiger partial charge in [0.15, 0.2) is 5.13 Å². The molecular weight excluding hydrogens is 364 g/mol. The van der Waals surface area contributed by atoms with Gasteiger partial charge in [-0.05, 0) is 51.0 Å². The average molecular weight is 388 g/mol. The maximum absolute atomic E-state index is 12.8. The molecule has 0 saturated carbocycles. The second-order valence-electron chi connectivity index (χ2n) is 6.71. The minimum Gasteiger partial charge on any atom is -0.497 e. The first-order chi connectivity index (χ1) is 13.0. The van der Waals surface area contributed by atoms with E-state index in [2.05, 4.69) is 15.6 Å². The molecule has 0 spiro atoms. The molecule has 0 radical (unpaired) electrons. The van der Waals surface area contributed by atoms with E-state index in [1.165, 1.54) is 11.3 Å². The molecule has 2 N–H and O–H groups in total. The largest absolute Gasteiger partial charge is 0.497 e. The molecular formula is C19H24N4O3S. The van der Waals surface area contributed by atoms with Crippen molar-refractivity contribution in [2.45, 2.75) is 38.8 Å². The summed E-state index contributed by atoms with van der Waals surface area (Å²) < 4.78 is 5.14. The summed E-state index contributed by atoms with van der Waals surface area (Å²) >= 11 is 1.36. The quantitative estimate of drug-likeness (QED) is 0.795. The fourth-order valence-corrected chi connectivity index (χ4v) is 3.74. The molecule has 2 aromatic rings. The highest BCUT2D eigenvalue weighted by atomic mass is 32.1. The zero-order valence-electron chi connectivity index (χ0n) is 15.7. The Hall–Kier alpha value is -2.61. The highest BCUT2D eigenvalue weighted by molar-refractivity contribution is 7.14. The second kappa shape index (κ2) is 8.39. The molecule has 1 saturated heterocycles. The van der Waals surface area contributed by atoms with Crippen LogP contribution < -0.4 is 15.4 Å². The van der Waals surface area contributed by atoms with Crippen LogP contribution in [0.15, 0.2) is 29.6 Å². The predicted molar refractivity (Wildman–Crippen MR) is 106 cm³/mol. The Morgan fingerprint density at radius 1 is 1.30 bits per heavy atom. The standard InChI is InChI=1S/C19H24N4O3S/c1-12(2)20-17(24)16-5-4-10-23(16)18(25)15-11-27-19(22-15)21-13-6-8-14(26-3)9-7-13/h6-9,11-12,16H,4-5,10H2,1-3H3,(H,20,24)(H,21,22). The average Bonchev–Trinajstić information content (AvgIpc) is 3.31. The van der Waals surface area contributed by atoms with E-state index in [0.717, 1.165) is 17.9 Å². The zero-order valence-corrected chi connectivity index (χ0v) is 16.5. The Morgan fingerprint density at radius 3 is 2.70 bits per heavy atom. The van der Waals surface area contributed by atoms with Crippen molar-refractivity contribution in [1.29, 1.82) is 0 Å². The number of carbonyl (C=O) groups is 2. The predicted octanol–water partition coefficient (Wildman–Crippen LogP) is 3.02. The van der Waals surface area contributed by atoms with E-state index in [1.807, 2.05) is 38.1 Å². The summed E-state index contributed by atoms with van der Waals surface area (Å²) in [7, 11) is 1.62. The number of ether oxygens (including phenoxy) is 1. The van der Waals surface area contributed by atoms with Gasteiger partial charge >= 0.3 is 0 Å². The van der Waals surface area contributed by atoms with E-state index >= 15 is 0 Å². The van der Waals surface area contributed by atoms with E-state index in [-0.39, 0.29) is 17.9 Å². The fraction of sp³-hybridized carbons (Fsp3) is 0.421. The van der Waals surface area contributed by atoms with Crippen LogP contribution in [-0.2, 0) is 4.79 Å². The number of benzene rings is 1. The Labute approximate surface area is 162 Å². The number of thiazole rings is 1. The van der Waals surface area contributed by atoms with Crippen LogP contribution in [-0.4, -0.2) is 47.4 Å². The fourth-order valence-electron chi connectivity index (χ4n) is 3.04. The van der Waals surface area contributed by atoms with Gasteiger partial charge in [-0.15, -0.1) is 11.3 Å². The first-order valence-electron chi connectivity index (χ1n) is 8.96. The number of aromatic nitrogens is 1. The summed E-state index contributed by atoms with van der Waals surface area (Å²) in [6.45, 7) is 4.40. The number of hydrogen-bond acceptors (Lipinski definition) is 6. The summed E-state index contributed by atoms with van der Waals surface area (Å²) in [4.78, 5) is 31.2. The van der Waals surface area contributed by atoms with Crippen molar-refractivity contribution in [3.05, 3.63) is 35.3 Å². The van der Waals surface area contributed by atoms with Crippen molar-refractivity contribution in [3.63, 3.8) is 0 Å². The summed E-state index contributed by atoms with van der Waals surface area (Å²) in [6, 6.07) is 7.10. The van der Waals surface area contributed by atoms with E-state index in [4.69, 9.17) is 4.74 Å². The van der Waals surface area contributed by atoms with Crippen LogP contribution in [0, 0.1) is 0 Å². The van der Waals surface area contributed by atoms with Crippen LogP contribution in [0.5, 0.6) is 5.75 Å². The van der Waals surface area contributed by atoms with Crippen molar-refractivity contribution in [1.82, 2.24) is 15.2 Å². The Bertz CT molecular complexity index is 804. The van der Waals surface area contributed by atoms with Gasteiger partial charge in [-0.25, -0.2) is 4.98 Å². The summed E-state index contributed by atoms with van der Waals surface area (Å²) in [6.07, 6.45) is 1.51. The molecule has 1 aliphatic rings. The first kappa shape index (κ1) is 19.2. The van der Waals surface area contributed by atoms with Gasteiger partial charge in [0, 0.05) is 23.7 Å². The van der Waals surface area contributed by atoms with Crippen LogP contribution >= 0.6 is 11.3 Å². The third-order valence-corrected chi connectivity index (χ3v) is 5.07. The number of nitrogens with one attached hydrogen (secondary N) is 2. The lowest BCUT2D eigenvalue weighted by molar-refractivity contribution is -0.125. The van der Waals surface area contributed by atoms with Crippen LogP contribution in [0.1, 0.15) is 37.2 Å². The number of methoxy groups -OCH3 is 1. The highest BCUT2D eigenvalue weighted by Crippen LogP contribution is 2.25. The lowest BCUT2D eigenvalue weighted by Crippen LogP contribution is -2.47. The van der Waals surface area contributed by atoms with E-state index in [1.54, 1.807) is 17.4 Å². The van der Waals surface area contributed by atoms with E-state index in [9.17, 15) is 9.59 Å². The third kappa shape index (κ3) is 4.57. The lowest BCUT2D eigenvalue weighted by atomic mass is 10.2. The molecule has 1 aliphatic heterocycles. The molecule has 3 rings (SSSR count). The van der Waals surface area contributed by atoms with Crippen molar-refractivity contribution in [2.24, 2.45) is 0 Å². The molecule has 8 heteroatoms. The topological polar surface area (TPSA) is 83.6 Å². The van der Waals surface area contributed by atoms with Gasteiger partial charge in [-0.3, -0.25) is 9.59 Å².